The molecular weight excluding hydrogens is 588 g/mol. The standard InChI is InChI=1S/C27H44N4O13/c1-12(2)21(29)25(37)31(18(26(38)39)8-9-20(28)36)10-13(3)41-24-22(30-14(4)32)27(43-17(7)35)44-19(11-40-15(5)33)23(24)42-16(6)34/h12-13,18-19,21-24,27H,8-11,29H2,1-7H3,(H2,28,36)(H,30,32)(H,38,39)/t13?,18-,19-,21+,22-,23-,24-,27+/m1/s1. The summed E-state index contributed by atoms with van der Waals surface area (Å²) in [5.41, 5.74) is 11.3. The summed E-state index contributed by atoms with van der Waals surface area (Å²) >= 11 is 0. The fourth-order valence-corrected chi connectivity index (χ4v) is 4.51. The number of ether oxygens (including phenoxy) is 5. The molecule has 0 radical (unpaired) electrons. The predicted octanol–water partition coefficient (Wildman–Crippen LogP) is -1.42. The molecule has 17 heteroatoms. The molecule has 1 aliphatic rings. The van der Waals surface area contributed by atoms with Gasteiger partial charge in [-0.25, -0.2) is 4.79 Å². The van der Waals surface area contributed by atoms with Gasteiger partial charge in [-0.3, -0.25) is 28.8 Å². The van der Waals surface area contributed by atoms with Gasteiger partial charge in [0.25, 0.3) is 0 Å². The minimum Gasteiger partial charge on any atom is -0.480 e. The van der Waals surface area contributed by atoms with Crippen LogP contribution in [0.15, 0.2) is 0 Å². The maximum Gasteiger partial charge on any atom is 0.326 e. The maximum atomic E-state index is 13.4. The largest absolute Gasteiger partial charge is 0.480 e. The lowest BCUT2D eigenvalue weighted by atomic mass is 9.95. The van der Waals surface area contributed by atoms with Gasteiger partial charge >= 0.3 is 23.9 Å². The van der Waals surface area contributed by atoms with Gasteiger partial charge in [-0.15, -0.1) is 0 Å². The summed E-state index contributed by atoms with van der Waals surface area (Å²) in [7, 11) is 0. The van der Waals surface area contributed by atoms with E-state index in [1.807, 2.05) is 0 Å². The summed E-state index contributed by atoms with van der Waals surface area (Å²) < 4.78 is 27.8. The third-order valence-electron chi connectivity index (χ3n) is 6.51. The number of nitrogens with two attached hydrogens (primary N) is 2. The Kier molecular flexibility index (Phi) is 15.2. The topological polar surface area (TPSA) is 253 Å². The van der Waals surface area contributed by atoms with E-state index in [9.17, 15) is 38.7 Å². The van der Waals surface area contributed by atoms with Gasteiger partial charge in [-0.05, 0) is 19.3 Å². The number of amides is 3. The van der Waals surface area contributed by atoms with E-state index < -0.39 is 104 Å². The van der Waals surface area contributed by atoms with E-state index in [1.165, 1.54) is 13.8 Å². The van der Waals surface area contributed by atoms with Crippen LogP contribution in [0, 0.1) is 5.92 Å². The van der Waals surface area contributed by atoms with E-state index in [-0.39, 0.29) is 18.8 Å². The number of primary amides is 1. The molecule has 0 aliphatic carbocycles. The van der Waals surface area contributed by atoms with Crippen LogP contribution in [0.3, 0.4) is 0 Å². The number of hydrogen-bond acceptors (Lipinski definition) is 13. The minimum absolute atomic E-state index is 0.311. The molecule has 3 amide bonds. The van der Waals surface area contributed by atoms with Gasteiger partial charge in [0.05, 0.1) is 12.1 Å². The van der Waals surface area contributed by atoms with Gasteiger partial charge in [0.2, 0.25) is 24.0 Å². The van der Waals surface area contributed by atoms with E-state index in [2.05, 4.69) is 5.32 Å². The molecule has 250 valence electrons. The van der Waals surface area contributed by atoms with Crippen LogP contribution in [-0.4, -0.2) is 114 Å². The Morgan fingerprint density at radius 2 is 1.52 bits per heavy atom. The molecule has 1 unspecified atom stereocenters. The molecule has 6 N–H and O–H groups in total. The summed E-state index contributed by atoms with van der Waals surface area (Å²) in [6, 6.07) is -3.91. The van der Waals surface area contributed by atoms with Crippen molar-refractivity contribution >= 4 is 41.6 Å². The first-order valence-electron chi connectivity index (χ1n) is 14.0. The van der Waals surface area contributed by atoms with Crippen molar-refractivity contribution < 1.29 is 62.4 Å². The number of carbonyl (C=O) groups excluding carboxylic acids is 6. The summed E-state index contributed by atoms with van der Waals surface area (Å²) in [6.07, 6.45) is -7.16. The number of nitrogens with one attached hydrogen (secondary N) is 1. The Morgan fingerprint density at radius 3 is 1.98 bits per heavy atom. The monoisotopic (exact) mass is 632 g/mol. The van der Waals surface area contributed by atoms with Crippen LogP contribution >= 0.6 is 0 Å². The van der Waals surface area contributed by atoms with Crippen molar-refractivity contribution in [3.63, 3.8) is 0 Å². The molecule has 1 aliphatic heterocycles. The number of nitrogens with zero attached hydrogens (tertiary/aromatic N) is 1. The van der Waals surface area contributed by atoms with E-state index >= 15 is 0 Å². The number of hydrogen-bond donors (Lipinski definition) is 4. The molecule has 1 fully saturated rings. The van der Waals surface area contributed by atoms with Crippen molar-refractivity contribution in [2.75, 3.05) is 13.2 Å². The zero-order valence-electron chi connectivity index (χ0n) is 26.0. The lowest BCUT2D eigenvalue weighted by Gasteiger charge is -2.46. The molecule has 0 aromatic carbocycles. The first kappa shape index (κ1) is 38.2. The summed E-state index contributed by atoms with van der Waals surface area (Å²) in [6.45, 7) is 8.44. The highest BCUT2D eigenvalue weighted by atomic mass is 16.7. The van der Waals surface area contributed by atoms with Crippen LogP contribution in [-0.2, 0) is 57.2 Å². The Balaban J connectivity index is 3.60. The smallest absolute Gasteiger partial charge is 0.326 e. The molecule has 8 atom stereocenters. The molecule has 44 heavy (non-hydrogen) atoms. The highest BCUT2D eigenvalue weighted by Crippen LogP contribution is 2.29. The lowest BCUT2D eigenvalue weighted by Crippen LogP contribution is -2.67. The Morgan fingerprint density at radius 1 is 0.932 bits per heavy atom. The molecule has 1 rings (SSSR count). The van der Waals surface area contributed by atoms with Crippen LogP contribution in [0.4, 0.5) is 0 Å². The quantitative estimate of drug-likeness (QED) is 0.113. The number of carboxylic acids is 1. The van der Waals surface area contributed by atoms with Crippen LogP contribution in [0.1, 0.15) is 61.3 Å². The summed E-state index contributed by atoms with van der Waals surface area (Å²) in [5.74, 6) is -6.20. The van der Waals surface area contributed by atoms with Gasteiger partial charge in [0.1, 0.15) is 30.9 Å². The van der Waals surface area contributed by atoms with Gasteiger partial charge in [0, 0.05) is 40.7 Å². The second-order valence-corrected chi connectivity index (χ2v) is 10.8. The molecule has 0 bridgehead atoms. The molecule has 0 saturated carbocycles. The fourth-order valence-electron chi connectivity index (χ4n) is 4.51. The second kappa shape index (κ2) is 17.5. The number of esters is 3. The highest BCUT2D eigenvalue weighted by molar-refractivity contribution is 5.87. The van der Waals surface area contributed by atoms with Crippen LogP contribution in [0.2, 0.25) is 0 Å². The molecule has 1 saturated heterocycles. The van der Waals surface area contributed by atoms with Crippen molar-refractivity contribution in [3.05, 3.63) is 0 Å². The number of carboxylic acid groups (broad SMARTS) is 1. The lowest BCUT2D eigenvalue weighted by molar-refractivity contribution is -0.279. The second-order valence-electron chi connectivity index (χ2n) is 10.8. The zero-order valence-corrected chi connectivity index (χ0v) is 26.0. The molecule has 17 nitrogen and oxygen atoms in total. The van der Waals surface area contributed by atoms with Crippen molar-refractivity contribution in [1.82, 2.24) is 10.2 Å². The average Bonchev–Trinajstić information content (AvgIpc) is 2.88. The summed E-state index contributed by atoms with van der Waals surface area (Å²) in [4.78, 5) is 85.9. The number of carbonyl (C=O) groups is 7. The van der Waals surface area contributed by atoms with Crippen molar-refractivity contribution in [2.45, 2.75) is 110 Å². The van der Waals surface area contributed by atoms with E-state index in [0.29, 0.717) is 0 Å². The molecule has 0 aromatic rings. The number of rotatable bonds is 16. The Labute approximate surface area is 255 Å². The normalized spacial score (nSPS) is 23.4. The van der Waals surface area contributed by atoms with Crippen molar-refractivity contribution in [1.29, 1.82) is 0 Å². The average molecular weight is 633 g/mol. The van der Waals surface area contributed by atoms with E-state index in [4.69, 9.17) is 35.2 Å². The third kappa shape index (κ3) is 12.0. The number of aliphatic carboxylic acids is 1. The Bertz CT molecular complexity index is 1070. The zero-order chi connectivity index (χ0) is 33.9. The van der Waals surface area contributed by atoms with Crippen LogP contribution < -0.4 is 16.8 Å². The first-order valence-corrected chi connectivity index (χ1v) is 14.0. The van der Waals surface area contributed by atoms with Gasteiger partial charge in [-0.2, -0.15) is 0 Å². The molecular formula is C27H44N4O13. The predicted molar refractivity (Wildman–Crippen MR) is 149 cm³/mol. The molecule has 1 heterocycles. The van der Waals surface area contributed by atoms with Crippen molar-refractivity contribution in [2.24, 2.45) is 17.4 Å². The first-order chi connectivity index (χ1) is 20.3. The van der Waals surface area contributed by atoms with E-state index in [1.54, 1.807) is 13.8 Å². The highest BCUT2D eigenvalue weighted by Gasteiger charge is 2.51. The summed E-state index contributed by atoms with van der Waals surface area (Å²) in [5, 5.41) is 12.5. The minimum atomic E-state index is -1.51. The molecule has 0 spiro atoms. The molecule has 0 aromatic heterocycles. The maximum absolute atomic E-state index is 13.4. The van der Waals surface area contributed by atoms with Gasteiger partial charge in [-0.1, -0.05) is 13.8 Å². The van der Waals surface area contributed by atoms with E-state index in [0.717, 1.165) is 25.7 Å². The van der Waals surface area contributed by atoms with Gasteiger partial charge < -0.3 is 50.5 Å². The van der Waals surface area contributed by atoms with Crippen molar-refractivity contribution in [3.8, 4) is 0 Å². The van der Waals surface area contributed by atoms with Crippen LogP contribution in [0.5, 0.6) is 0 Å². The Hall–Kier alpha value is -3.83. The SMILES string of the molecule is CC(=O)N[C@H]1[C@@H](OC(C)=O)O[C@H](COC(C)=O)[C@@H](OC(C)=O)[C@@H]1OC(C)CN(C(=O)[C@@H](N)C(C)C)[C@H](CCC(N)=O)C(=O)O. The van der Waals surface area contributed by atoms with Gasteiger partial charge in [0.15, 0.2) is 6.10 Å². The fraction of sp³-hybridized carbons (Fsp3) is 0.741. The third-order valence-corrected chi connectivity index (χ3v) is 6.51. The van der Waals surface area contributed by atoms with Crippen LogP contribution in [0.25, 0.3) is 0 Å².